The Morgan fingerprint density at radius 2 is 2.08 bits per heavy atom. The van der Waals surface area contributed by atoms with Gasteiger partial charge in [-0.3, -0.25) is 4.79 Å². The summed E-state index contributed by atoms with van der Waals surface area (Å²) in [5.41, 5.74) is 2.36. The van der Waals surface area contributed by atoms with Crippen LogP contribution < -0.4 is 4.74 Å². The van der Waals surface area contributed by atoms with Gasteiger partial charge in [-0.1, -0.05) is 18.2 Å². The molecule has 1 aliphatic rings. The van der Waals surface area contributed by atoms with E-state index >= 15 is 0 Å². The predicted octanol–water partition coefficient (Wildman–Crippen LogP) is 4.46. The largest absolute Gasteiger partial charge is 0.481 e. The summed E-state index contributed by atoms with van der Waals surface area (Å²) in [4.78, 5) is 15.6. The van der Waals surface area contributed by atoms with Crippen LogP contribution in [-0.4, -0.2) is 22.7 Å². The van der Waals surface area contributed by atoms with Crippen molar-refractivity contribution >= 4 is 22.9 Å². The van der Waals surface area contributed by atoms with Gasteiger partial charge in [0.2, 0.25) is 0 Å². The second kappa shape index (κ2) is 6.92. The first-order chi connectivity index (χ1) is 11.5. The molecule has 0 radical (unpaired) electrons. The van der Waals surface area contributed by atoms with Crippen molar-refractivity contribution in [2.45, 2.75) is 13.0 Å². The first-order valence-corrected chi connectivity index (χ1v) is 8.02. The standard InChI is InChI=1S/C17H13F2NO3S/c18-17(19)23-13-6-4-10(5-7-13)14-9-24-15(20-14)11-2-1-3-12(8-11)16(21)22/h1-7,9,12,17H,8H2,(H,21,22). The zero-order valence-electron chi connectivity index (χ0n) is 12.4. The maximum atomic E-state index is 12.2. The van der Waals surface area contributed by atoms with Gasteiger partial charge < -0.3 is 9.84 Å². The molecular formula is C17H13F2NO3S. The predicted molar refractivity (Wildman–Crippen MR) is 87.0 cm³/mol. The van der Waals surface area contributed by atoms with Crippen LogP contribution in [0.25, 0.3) is 16.8 Å². The third-order valence-corrected chi connectivity index (χ3v) is 4.47. The van der Waals surface area contributed by atoms with Crippen molar-refractivity contribution in [3.8, 4) is 17.0 Å². The Kier molecular flexibility index (Phi) is 4.71. The smallest absolute Gasteiger partial charge is 0.387 e. The number of hydrogen-bond donors (Lipinski definition) is 1. The van der Waals surface area contributed by atoms with Gasteiger partial charge in [0.1, 0.15) is 10.8 Å². The minimum atomic E-state index is -2.85. The van der Waals surface area contributed by atoms with Crippen LogP contribution >= 0.6 is 11.3 Å². The highest BCUT2D eigenvalue weighted by Crippen LogP contribution is 2.32. The lowest BCUT2D eigenvalue weighted by molar-refractivity contribution is -0.139. The van der Waals surface area contributed by atoms with Crippen LogP contribution in [0.1, 0.15) is 11.4 Å². The molecule has 1 N–H and O–H groups in total. The number of hydrogen-bond acceptors (Lipinski definition) is 4. The number of nitrogens with zero attached hydrogens (tertiary/aromatic N) is 1. The zero-order valence-corrected chi connectivity index (χ0v) is 13.2. The monoisotopic (exact) mass is 349 g/mol. The van der Waals surface area contributed by atoms with E-state index in [2.05, 4.69) is 9.72 Å². The fraction of sp³-hybridized carbons (Fsp3) is 0.176. The van der Waals surface area contributed by atoms with Crippen LogP contribution in [0.5, 0.6) is 5.75 Å². The van der Waals surface area contributed by atoms with Crippen molar-refractivity contribution in [3.05, 3.63) is 52.9 Å². The number of thiazole rings is 1. The highest BCUT2D eigenvalue weighted by molar-refractivity contribution is 7.11. The molecule has 1 aliphatic carbocycles. The summed E-state index contributed by atoms with van der Waals surface area (Å²) in [5.74, 6) is -1.31. The minimum Gasteiger partial charge on any atom is -0.481 e. The molecule has 0 saturated heterocycles. The summed E-state index contributed by atoms with van der Waals surface area (Å²) in [6.45, 7) is -2.85. The number of aromatic nitrogens is 1. The highest BCUT2D eigenvalue weighted by atomic mass is 32.1. The van der Waals surface area contributed by atoms with Gasteiger partial charge in [0.25, 0.3) is 0 Å². The molecule has 0 bridgehead atoms. The number of benzene rings is 1. The number of allylic oxidation sites excluding steroid dienone is 3. The van der Waals surface area contributed by atoms with Gasteiger partial charge in [0, 0.05) is 10.9 Å². The summed E-state index contributed by atoms with van der Waals surface area (Å²) in [7, 11) is 0. The topological polar surface area (TPSA) is 59.4 Å². The van der Waals surface area contributed by atoms with Crippen LogP contribution in [0, 0.1) is 5.92 Å². The average molecular weight is 349 g/mol. The molecule has 1 aromatic heterocycles. The Hall–Kier alpha value is -2.54. The van der Waals surface area contributed by atoms with Gasteiger partial charge in [-0.2, -0.15) is 8.78 Å². The lowest BCUT2D eigenvalue weighted by Gasteiger charge is -2.12. The van der Waals surface area contributed by atoms with Crippen molar-refractivity contribution in [1.29, 1.82) is 0 Å². The molecule has 7 heteroatoms. The molecule has 0 saturated carbocycles. The zero-order chi connectivity index (χ0) is 17.1. The first-order valence-electron chi connectivity index (χ1n) is 7.14. The lowest BCUT2D eigenvalue weighted by Crippen LogP contribution is -2.13. The summed E-state index contributed by atoms with van der Waals surface area (Å²) in [6, 6.07) is 6.24. The number of carbonyl (C=O) groups is 1. The number of halogens is 2. The van der Waals surface area contributed by atoms with Gasteiger partial charge in [0.15, 0.2) is 0 Å². The fourth-order valence-electron chi connectivity index (χ4n) is 2.37. The summed E-state index contributed by atoms with van der Waals surface area (Å²) in [6.07, 6.45) is 5.65. The Balaban J connectivity index is 1.77. The van der Waals surface area contributed by atoms with Crippen LogP contribution in [0.3, 0.4) is 0 Å². The lowest BCUT2D eigenvalue weighted by atomic mass is 9.95. The number of alkyl halides is 2. The average Bonchev–Trinajstić information content (AvgIpc) is 3.05. The van der Waals surface area contributed by atoms with Crippen molar-refractivity contribution < 1.29 is 23.4 Å². The molecule has 1 heterocycles. The SMILES string of the molecule is O=C(O)C1C=CC=C(c2nc(-c3ccc(OC(F)F)cc3)cs2)C1. The van der Waals surface area contributed by atoms with E-state index < -0.39 is 18.5 Å². The van der Waals surface area contributed by atoms with Gasteiger partial charge in [-0.15, -0.1) is 11.3 Å². The molecule has 0 amide bonds. The van der Waals surface area contributed by atoms with Gasteiger partial charge in [0.05, 0.1) is 11.6 Å². The molecule has 1 aromatic carbocycles. The summed E-state index contributed by atoms with van der Waals surface area (Å²) < 4.78 is 28.6. The van der Waals surface area contributed by atoms with E-state index in [0.717, 1.165) is 16.1 Å². The molecule has 3 rings (SSSR count). The maximum absolute atomic E-state index is 12.2. The molecular weight excluding hydrogens is 336 g/mol. The van der Waals surface area contributed by atoms with Crippen molar-refractivity contribution in [1.82, 2.24) is 4.98 Å². The van der Waals surface area contributed by atoms with E-state index in [0.29, 0.717) is 12.1 Å². The number of rotatable bonds is 5. The van der Waals surface area contributed by atoms with E-state index in [-0.39, 0.29) is 5.75 Å². The molecule has 0 aliphatic heterocycles. The number of ether oxygens (including phenoxy) is 1. The van der Waals surface area contributed by atoms with Crippen molar-refractivity contribution in [2.75, 3.05) is 0 Å². The van der Waals surface area contributed by atoms with Gasteiger partial charge in [-0.25, -0.2) is 4.98 Å². The molecule has 24 heavy (non-hydrogen) atoms. The number of carboxylic acids is 1. The van der Waals surface area contributed by atoms with E-state index in [1.165, 1.54) is 23.5 Å². The molecule has 4 nitrogen and oxygen atoms in total. The van der Waals surface area contributed by atoms with Crippen molar-refractivity contribution in [3.63, 3.8) is 0 Å². The van der Waals surface area contributed by atoms with Gasteiger partial charge >= 0.3 is 12.6 Å². The highest BCUT2D eigenvalue weighted by Gasteiger charge is 2.21. The van der Waals surface area contributed by atoms with Gasteiger partial charge in [-0.05, 0) is 36.3 Å². The molecule has 1 atom stereocenters. The van der Waals surface area contributed by atoms with E-state index in [1.807, 2.05) is 11.5 Å². The van der Waals surface area contributed by atoms with E-state index in [4.69, 9.17) is 5.11 Å². The number of aliphatic carboxylic acids is 1. The molecule has 124 valence electrons. The molecule has 0 spiro atoms. The van der Waals surface area contributed by atoms with E-state index in [1.54, 1.807) is 24.3 Å². The summed E-state index contributed by atoms with van der Waals surface area (Å²) >= 11 is 1.42. The van der Waals surface area contributed by atoms with Crippen LogP contribution in [-0.2, 0) is 4.79 Å². The normalized spacial score (nSPS) is 17.0. The molecule has 2 aromatic rings. The Labute approximate surface area is 140 Å². The third-order valence-electron chi connectivity index (χ3n) is 3.55. The summed E-state index contributed by atoms with van der Waals surface area (Å²) in [5, 5.41) is 11.7. The maximum Gasteiger partial charge on any atom is 0.387 e. The van der Waals surface area contributed by atoms with Crippen LogP contribution in [0.15, 0.2) is 47.9 Å². The van der Waals surface area contributed by atoms with E-state index in [9.17, 15) is 13.6 Å². The fourth-order valence-corrected chi connectivity index (χ4v) is 3.23. The second-order valence-electron chi connectivity index (χ2n) is 5.17. The molecule has 0 fully saturated rings. The minimum absolute atomic E-state index is 0.0913. The Morgan fingerprint density at radius 3 is 2.75 bits per heavy atom. The van der Waals surface area contributed by atoms with Crippen LogP contribution in [0.4, 0.5) is 8.78 Å². The Bertz CT molecular complexity index is 796. The van der Waals surface area contributed by atoms with Crippen molar-refractivity contribution in [2.24, 2.45) is 5.92 Å². The quantitative estimate of drug-likeness (QED) is 0.866. The third kappa shape index (κ3) is 3.68. The molecule has 1 unspecified atom stereocenters. The Morgan fingerprint density at radius 1 is 1.33 bits per heavy atom. The van der Waals surface area contributed by atoms with Crippen LogP contribution in [0.2, 0.25) is 0 Å². The first kappa shape index (κ1) is 16.3. The number of carboxylic acid groups (broad SMARTS) is 1. The second-order valence-corrected chi connectivity index (χ2v) is 6.02.